The van der Waals surface area contributed by atoms with Crippen LogP contribution in [0, 0.1) is 23.2 Å². The average Bonchev–Trinajstić information content (AvgIpc) is 2.15. The number of esters is 1. The first-order chi connectivity index (χ1) is 7.19. The molecule has 0 aliphatic rings. The van der Waals surface area contributed by atoms with Crippen LogP contribution < -0.4 is 0 Å². The van der Waals surface area contributed by atoms with Crippen molar-refractivity contribution < 1.29 is 9.53 Å². The van der Waals surface area contributed by atoms with E-state index in [1.807, 2.05) is 6.92 Å². The van der Waals surface area contributed by atoms with Crippen molar-refractivity contribution in [2.45, 2.75) is 54.9 Å². The summed E-state index contributed by atoms with van der Waals surface area (Å²) >= 11 is 0. The van der Waals surface area contributed by atoms with Crippen molar-refractivity contribution in [1.29, 1.82) is 0 Å². The minimum atomic E-state index is -0.0562. The van der Waals surface area contributed by atoms with Crippen LogP contribution in [0.1, 0.15) is 54.9 Å². The molecule has 0 saturated heterocycles. The van der Waals surface area contributed by atoms with Gasteiger partial charge in [-0.25, -0.2) is 0 Å². The molecular formula is C14H28O2. The summed E-state index contributed by atoms with van der Waals surface area (Å²) in [7, 11) is 0. The Balaban J connectivity index is 4.18. The van der Waals surface area contributed by atoms with Gasteiger partial charge in [-0.3, -0.25) is 4.79 Å². The van der Waals surface area contributed by atoms with E-state index in [1.165, 1.54) is 0 Å². The van der Waals surface area contributed by atoms with Gasteiger partial charge in [0.15, 0.2) is 0 Å². The second-order valence-electron chi connectivity index (χ2n) is 6.05. The Morgan fingerprint density at radius 3 is 2.00 bits per heavy atom. The number of hydrogen-bond acceptors (Lipinski definition) is 2. The van der Waals surface area contributed by atoms with Crippen LogP contribution in [0.4, 0.5) is 0 Å². The number of ether oxygens (including phenoxy) is 1. The molecule has 0 fully saturated rings. The molecule has 2 heteroatoms. The van der Waals surface area contributed by atoms with E-state index < -0.39 is 0 Å². The molecule has 0 saturated carbocycles. The predicted molar refractivity (Wildman–Crippen MR) is 68.2 cm³/mol. The average molecular weight is 228 g/mol. The molecule has 96 valence electrons. The summed E-state index contributed by atoms with van der Waals surface area (Å²) in [6.07, 6.45) is 0.945. The lowest BCUT2D eigenvalue weighted by molar-refractivity contribution is -0.153. The predicted octanol–water partition coefficient (Wildman–Crippen LogP) is 3.89. The van der Waals surface area contributed by atoms with Crippen LogP contribution >= 0.6 is 0 Å². The molecule has 0 aromatic heterocycles. The van der Waals surface area contributed by atoms with Gasteiger partial charge in [0.05, 0.1) is 12.5 Å². The van der Waals surface area contributed by atoms with E-state index >= 15 is 0 Å². The maximum Gasteiger partial charge on any atom is 0.309 e. The van der Waals surface area contributed by atoms with Gasteiger partial charge in [-0.1, -0.05) is 48.5 Å². The molecule has 1 atom stereocenters. The van der Waals surface area contributed by atoms with Gasteiger partial charge in [0.1, 0.15) is 0 Å². The van der Waals surface area contributed by atoms with E-state index in [-0.39, 0.29) is 17.3 Å². The Morgan fingerprint density at radius 2 is 1.62 bits per heavy atom. The van der Waals surface area contributed by atoms with Crippen molar-refractivity contribution in [3.05, 3.63) is 0 Å². The summed E-state index contributed by atoms with van der Waals surface area (Å²) in [5, 5.41) is 0. The lowest BCUT2D eigenvalue weighted by Crippen LogP contribution is -2.34. The number of hydrogen-bond donors (Lipinski definition) is 0. The summed E-state index contributed by atoms with van der Waals surface area (Å²) in [6.45, 7) is 15.4. The maximum atomic E-state index is 11.9. The molecule has 16 heavy (non-hydrogen) atoms. The third-order valence-corrected chi connectivity index (χ3v) is 3.90. The van der Waals surface area contributed by atoms with Gasteiger partial charge >= 0.3 is 5.97 Å². The van der Waals surface area contributed by atoms with E-state index in [1.54, 1.807) is 0 Å². The molecule has 0 amide bonds. The van der Waals surface area contributed by atoms with Gasteiger partial charge in [0.25, 0.3) is 0 Å². The molecule has 0 aromatic carbocycles. The maximum absolute atomic E-state index is 11.9. The molecule has 1 unspecified atom stereocenters. The van der Waals surface area contributed by atoms with Crippen molar-refractivity contribution in [2.24, 2.45) is 23.2 Å². The first-order valence-corrected chi connectivity index (χ1v) is 6.36. The topological polar surface area (TPSA) is 26.3 Å². The second-order valence-corrected chi connectivity index (χ2v) is 6.05. The van der Waals surface area contributed by atoms with Crippen molar-refractivity contribution in [3.8, 4) is 0 Å². The van der Waals surface area contributed by atoms with E-state index in [2.05, 4.69) is 41.5 Å². The summed E-state index contributed by atoms with van der Waals surface area (Å²) in [6, 6.07) is 0. The lowest BCUT2D eigenvalue weighted by atomic mass is 9.71. The van der Waals surface area contributed by atoms with Crippen molar-refractivity contribution in [1.82, 2.24) is 0 Å². The smallest absolute Gasteiger partial charge is 0.309 e. The fourth-order valence-electron chi connectivity index (χ4n) is 1.32. The summed E-state index contributed by atoms with van der Waals surface area (Å²) in [4.78, 5) is 11.9. The van der Waals surface area contributed by atoms with Crippen LogP contribution in [0.25, 0.3) is 0 Å². The zero-order valence-corrected chi connectivity index (χ0v) is 12.0. The summed E-state index contributed by atoms with van der Waals surface area (Å²) in [5.41, 5.74) is -0.00505. The molecule has 0 bridgehead atoms. The Hall–Kier alpha value is -0.530. The van der Waals surface area contributed by atoms with Gasteiger partial charge < -0.3 is 4.74 Å². The van der Waals surface area contributed by atoms with Crippen LogP contribution in [-0.4, -0.2) is 12.6 Å². The van der Waals surface area contributed by atoms with Crippen molar-refractivity contribution in [2.75, 3.05) is 6.61 Å². The van der Waals surface area contributed by atoms with Gasteiger partial charge in [0.2, 0.25) is 0 Å². The summed E-state index contributed by atoms with van der Waals surface area (Å²) in [5.74, 6) is 0.959. The number of rotatable bonds is 6. The van der Waals surface area contributed by atoms with E-state index in [0.29, 0.717) is 18.4 Å². The van der Waals surface area contributed by atoms with Gasteiger partial charge in [0, 0.05) is 0 Å². The number of carbonyl (C=O) groups is 1. The van der Waals surface area contributed by atoms with E-state index in [9.17, 15) is 4.79 Å². The van der Waals surface area contributed by atoms with Crippen LogP contribution in [-0.2, 0) is 9.53 Å². The van der Waals surface area contributed by atoms with E-state index in [0.717, 1.165) is 6.42 Å². The largest absolute Gasteiger partial charge is 0.465 e. The Bertz CT molecular complexity index is 217. The molecular weight excluding hydrogens is 200 g/mol. The van der Waals surface area contributed by atoms with Gasteiger partial charge in [-0.15, -0.1) is 0 Å². The third kappa shape index (κ3) is 4.54. The fraction of sp³-hybridized carbons (Fsp3) is 0.929. The molecule has 0 radical (unpaired) electrons. The minimum Gasteiger partial charge on any atom is -0.465 e. The zero-order valence-electron chi connectivity index (χ0n) is 12.0. The SMILES string of the molecule is CC(C)CCOC(=O)C(C)C(C)(C)C(C)C. The highest BCUT2D eigenvalue weighted by atomic mass is 16.5. The molecule has 0 aliphatic heterocycles. The van der Waals surface area contributed by atoms with Crippen molar-refractivity contribution in [3.63, 3.8) is 0 Å². The molecule has 0 heterocycles. The monoisotopic (exact) mass is 228 g/mol. The highest BCUT2D eigenvalue weighted by Gasteiger charge is 2.35. The Kier molecular flexibility index (Phi) is 6.06. The summed E-state index contributed by atoms with van der Waals surface area (Å²) < 4.78 is 5.31. The van der Waals surface area contributed by atoms with Crippen LogP contribution in [0.15, 0.2) is 0 Å². The molecule has 0 aromatic rings. The lowest BCUT2D eigenvalue weighted by Gasteiger charge is -2.34. The molecule has 0 N–H and O–H groups in total. The Labute approximate surface area is 101 Å². The standard InChI is InChI=1S/C14H28O2/c1-10(2)8-9-16-13(15)12(5)14(6,7)11(3)4/h10-12H,8-9H2,1-7H3. The minimum absolute atomic E-state index is 0.00505. The second kappa shape index (κ2) is 6.27. The van der Waals surface area contributed by atoms with Gasteiger partial charge in [-0.05, 0) is 23.7 Å². The number of carbonyl (C=O) groups excluding carboxylic acids is 1. The van der Waals surface area contributed by atoms with Crippen LogP contribution in [0.3, 0.4) is 0 Å². The molecule has 0 spiro atoms. The fourth-order valence-corrected chi connectivity index (χ4v) is 1.32. The highest BCUT2D eigenvalue weighted by Crippen LogP contribution is 2.35. The quantitative estimate of drug-likeness (QED) is 0.645. The first kappa shape index (κ1) is 15.5. The van der Waals surface area contributed by atoms with Crippen LogP contribution in [0.5, 0.6) is 0 Å². The first-order valence-electron chi connectivity index (χ1n) is 6.36. The highest BCUT2D eigenvalue weighted by molar-refractivity contribution is 5.72. The van der Waals surface area contributed by atoms with E-state index in [4.69, 9.17) is 4.74 Å². The zero-order chi connectivity index (χ0) is 12.9. The molecule has 0 aliphatic carbocycles. The normalized spacial score (nSPS) is 14.3. The van der Waals surface area contributed by atoms with Gasteiger partial charge in [-0.2, -0.15) is 0 Å². The Morgan fingerprint density at radius 1 is 1.12 bits per heavy atom. The molecule has 2 nitrogen and oxygen atoms in total. The van der Waals surface area contributed by atoms with Crippen LogP contribution in [0.2, 0.25) is 0 Å². The molecule has 0 rings (SSSR count). The van der Waals surface area contributed by atoms with Crippen molar-refractivity contribution >= 4 is 5.97 Å². The third-order valence-electron chi connectivity index (χ3n) is 3.90.